The SMILES string of the molecule is CC(C)N1CCC(CNc2nc(N)c(F)cc2F)C1. The van der Waals surface area contributed by atoms with E-state index in [2.05, 4.69) is 29.0 Å². The molecule has 1 saturated heterocycles. The molecule has 1 aromatic heterocycles. The van der Waals surface area contributed by atoms with Crippen molar-refractivity contribution in [2.45, 2.75) is 26.3 Å². The van der Waals surface area contributed by atoms with E-state index in [1.165, 1.54) is 0 Å². The number of rotatable bonds is 4. The van der Waals surface area contributed by atoms with Crippen LogP contribution in [0.5, 0.6) is 0 Å². The normalized spacial score (nSPS) is 20.2. The maximum absolute atomic E-state index is 13.5. The van der Waals surface area contributed by atoms with Crippen LogP contribution >= 0.6 is 0 Å². The average Bonchev–Trinajstić information content (AvgIpc) is 2.81. The van der Waals surface area contributed by atoms with Gasteiger partial charge in [0.15, 0.2) is 23.3 Å². The Morgan fingerprint density at radius 1 is 1.47 bits per heavy atom. The summed E-state index contributed by atoms with van der Waals surface area (Å²) in [5, 5.41) is 2.92. The summed E-state index contributed by atoms with van der Waals surface area (Å²) in [7, 11) is 0. The summed E-state index contributed by atoms with van der Waals surface area (Å²) in [6, 6.07) is 1.29. The largest absolute Gasteiger partial charge is 0.381 e. The van der Waals surface area contributed by atoms with E-state index in [0.29, 0.717) is 18.5 Å². The van der Waals surface area contributed by atoms with Crippen LogP contribution in [0.25, 0.3) is 0 Å². The van der Waals surface area contributed by atoms with Gasteiger partial charge in [-0.15, -0.1) is 0 Å². The average molecular weight is 270 g/mol. The Labute approximate surface area is 112 Å². The molecule has 19 heavy (non-hydrogen) atoms. The Hall–Kier alpha value is -1.43. The van der Waals surface area contributed by atoms with Crippen molar-refractivity contribution in [2.24, 2.45) is 5.92 Å². The number of anilines is 2. The van der Waals surface area contributed by atoms with Crippen LogP contribution in [0.3, 0.4) is 0 Å². The van der Waals surface area contributed by atoms with Crippen LogP contribution in [-0.2, 0) is 0 Å². The first kappa shape index (κ1) is 14.0. The zero-order chi connectivity index (χ0) is 14.0. The Kier molecular flexibility index (Phi) is 4.19. The third-order valence-electron chi connectivity index (χ3n) is 3.56. The summed E-state index contributed by atoms with van der Waals surface area (Å²) < 4.78 is 26.5. The molecule has 1 aliphatic rings. The van der Waals surface area contributed by atoms with Crippen molar-refractivity contribution < 1.29 is 8.78 Å². The third-order valence-corrected chi connectivity index (χ3v) is 3.56. The van der Waals surface area contributed by atoms with E-state index in [1.807, 2.05) is 0 Å². The summed E-state index contributed by atoms with van der Waals surface area (Å²) in [4.78, 5) is 6.07. The molecule has 2 heterocycles. The number of halogens is 2. The highest BCUT2D eigenvalue weighted by molar-refractivity contribution is 5.44. The lowest BCUT2D eigenvalue weighted by Gasteiger charge is -2.20. The highest BCUT2D eigenvalue weighted by atomic mass is 19.1. The van der Waals surface area contributed by atoms with Crippen molar-refractivity contribution in [1.82, 2.24) is 9.88 Å². The topological polar surface area (TPSA) is 54.2 Å². The van der Waals surface area contributed by atoms with Crippen molar-refractivity contribution in [2.75, 3.05) is 30.7 Å². The molecule has 0 radical (unpaired) electrons. The van der Waals surface area contributed by atoms with Gasteiger partial charge in [-0.3, -0.25) is 0 Å². The molecule has 1 aromatic rings. The number of hydrogen-bond donors (Lipinski definition) is 2. The molecule has 1 atom stereocenters. The maximum Gasteiger partial charge on any atom is 0.168 e. The number of likely N-dealkylation sites (tertiary alicyclic amines) is 1. The van der Waals surface area contributed by atoms with Crippen LogP contribution in [0, 0.1) is 17.6 Å². The minimum atomic E-state index is -0.824. The molecule has 4 nitrogen and oxygen atoms in total. The molecule has 106 valence electrons. The van der Waals surface area contributed by atoms with Crippen LogP contribution in [0.15, 0.2) is 6.07 Å². The van der Waals surface area contributed by atoms with E-state index >= 15 is 0 Å². The number of nitrogens with one attached hydrogen (secondary N) is 1. The molecule has 1 fully saturated rings. The molecule has 2 rings (SSSR count). The fourth-order valence-corrected chi connectivity index (χ4v) is 2.34. The molecule has 0 amide bonds. The highest BCUT2D eigenvalue weighted by Gasteiger charge is 2.24. The van der Waals surface area contributed by atoms with Crippen molar-refractivity contribution >= 4 is 11.6 Å². The summed E-state index contributed by atoms with van der Waals surface area (Å²) in [5.41, 5.74) is 5.33. The van der Waals surface area contributed by atoms with E-state index in [-0.39, 0.29) is 11.6 Å². The Morgan fingerprint density at radius 2 is 2.21 bits per heavy atom. The molecule has 3 N–H and O–H groups in total. The minimum absolute atomic E-state index is 0.0295. The van der Waals surface area contributed by atoms with Gasteiger partial charge in [-0.25, -0.2) is 13.8 Å². The summed E-state index contributed by atoms with van der Waals surface area (Å²) in [6.07, 6.45) is 1.07. The molecule has 0 aromatic carbocycles. The number of pyridine rings is 1. The molecule has 1 aliphatic heterocycles. The molecule has 0 bridgehead atoms. The van der Waals surface area contributed by atoms with Crippen molar-refractivity contribution in [3.05, 3.63) is 17.7 Å². The Bertz CT molecular complexity index is 451. The first-order chi connectivity index (χ1) is 8.97. The molecule has 0 aliphatic carbocycles. The lowest BCUT2D eigenvalue weighted by molar-refractivity contribution is 0.266. The van der Waals surface area contributed by atoms with Crippen LogP contribution in [-0.4, -0.2) is 35.6 Å². The number of nitrogens with zero attached hydrogens (tertiary/aromatic N) is 2. The Balaban J connectivity index is 1.91. The van der Waals surface area contributed by atoms with Gasteiger partial charge in [0.2, 0.25) is 0 Å². The van der Waals surface area contributed by atoms with E-state index in [4.69, 9.17) is 5.73 Å². The van der Waals surface area contributed by atoms with Gasteiger partial charge in [0, 0.05) is 25.2 Å². The smallest absolute Gasteiger partial charge is 0.168 e. The van der Waals surface area contributed by atoms with Gasteiger partial charge >= 0.3 is 0 Å². The van der Waals surface area contributed by atoms with Crippen LogP contribution < -0.4 is 11.1 Å². The number of nitrogens with two attached hydrogens (primary N) is 1. The predicted molar refractivity (Wildman–Crippen MR) is 71.9 cm³/mol. The van der Waals surface area contributed by atoms with Crippen LogP contribution in [0.4, 0.5) is 20.4 Å². The fourth-order valence-electron chi connectivity index (χ4n) is 2.34. The fraction of sp³-hybridized carbons (Fsp3) is 0.615. The van der Waals surface area contributed by atoms with Gasteiger partial charge in [0.1, 0.15) is 0 Å². The Morgan fingerprint density at radius 3 is 2.84 bits per heavy atom. The third kappa shape index (κ3) is 3.32. The number of aromatic nitrogens is 1. The molecule has 0 saturated carbocycles. The van der Waals surface area contributed by atoms with E-state index < -0.39 is 11.6 Å². The second kappa shape index (κ2) is 5.69. The molecular weight excluding hydrogens is 250 g/mol. The monoisotopic (exact) mass is 270 g/mol. The first-order valence-corrected chi connectivity index (χ1v) is 6.56. The minimum Gasteiger partial charge on any atom is -0.381 e. The quantitative estimate of drug-likeness (QED) is 0.879. The van der Waals surface area contributed by atoms with Gasteiger partial charge in [0.25, 0.3) is 0 Å². The predicted octanol–water partition coefficient (Wildman–Crippen LogP) is 2.08. The zero-order valence-electron chi connectivity index (χ0n) is 11.3. The van der Waals surface area contributed by atoms with Gasteiger partial charge in [-0.1, -0.05) is 0 Å². The second-order valence-electron chi connectivity index (χ2n) is 5.31. The summed E-state index contributed by atoms with van der Waals surface area (Å²) >= 11 is 0. The standard InChI is InChI=1S/C13H20F2N4/c1-8(2)19-4-3-9(7-19)6-17-13-11(15)5-10(14)12(16)18-13/h5,8-9H,3-4,6-7H2,1-2H3,(H3,16,17,18). The summed E-state index contributed by atoms with van der Waals surface area (Å²) in [6.45, 7) is 7.00. The second-order valence-corrected chi connectivity index (χ2v) is 5.31. The van der Waals surface area contributed by atoms with E-state index in [0.717, 1.165) is 25.6 Å². The van der Waals surface area contributed by atoms with E-state index in [1.54, 1.807) is 0 Å². The number of hydrogen-bond acceptors (Lipinski definition) is 4. The highest BCUT2D eigenvalue weighted by Crippen LogP contribution is 2.21. The zero-order valence-corrected chi connectivity index (χ0v) is 11.3. The molecule has 1 unspecified atom stereocenters. The van der Waals surface area contributed by atoms with Crippen LogP contribution in [0.1, 0.15) is 20.3 Å². The lowest BCUT2D eigenvalue weighted by atomic mass is 10.1. The maximum atomic E-state index is 13.5. The van der Waals surface area contributed by atoms with Gasteiger partial charge in [-0.2, -0.15) is 0 Å². The number of nitrogen functional groups attached to an aromatic ring is 1. The van der Waals surface area contributed by atoms with Crippen molar-refractivity contribution in [1.29, 1.82) is 0 Å². The molecule has 6 heteroatoms. The first-order valence-electron chi connectivity index (χ1n) is 6.56. The van der Waals surface area contributed by atoms with Crippen molar-refractivity contribution in [3.63, 3.8) is 0 Å². The molecule has 0 spiro atoms. The van der Waals surface area contributed by atoms with E-state index in [9.17, 15) is 8.78 Å². The van der Waals surface area contributed by atoms with Crippen molar-refractivity contribution in [3.8, 4) is 0 Å². The van der Waals surface area contributed by atoms with Gasteiger partial charge in [-0.05, 0) is 32.7 Å². The van der Waals surface area contributed by atoms with Crippen LogP contribution in [0.2, 0.25) is 0 Å². The van der Waals surface area contributed by atoms with Gasteiger partial charge in [0.05, 0.1) is 0 Å². The van der Waals surface area contributed by atoms with Gasteiger partial charge < -0.3 is 16.0 Å². The summed E-state index contributed by atoms with van der Waals surface area (Å²) in [5.74, 6) is -1.32. The lowest BCUT2D eigenvalue weighted by Crippen LogP contribution is -2.29. The molecular formula is C13H20F2N4.